The van der Waals surface area contributed by atoms with Crippen LogP contribution in [0.5, 0.6) is 0 Å². The van der Waals surface area contributed by atoms with Crippen molar-refractivity contribution in [3.05, 3.63) is 34.1 Å². The van der Waals surface area contributed by atoms with Crippen molar-refractivity contribution >= 4 is 21.8 Å². The van der Waals surface area contributed by atoms with Crippen LogP contribution in [0.15, 0.2) is 22.7 Å². The fourth-order valence-electron chi connectivity index (χ4n) is 3.30. The molecule has 1 aromatic rings. The van der Waals surface area contributed by atoms with Crippen LogP contribution in [0.4, 0.5) is 4.39 Å². The zero-order valence-electron chi connectivity index (χ0n) is 14.4. The number of carbonyl (C=O) groups excluding carboxylic acids is 1. The monoisotopic (exact) mass is 400 g/mol. The number of carbonyl (C=O) groups is 1. The Morgan fingerprint density at radius 3 is 2.58 bits per heavy atom. The first-order chi connectivity index (χ1) is 11.6. The van der Waals surface area contributed by atoms with E-state index < -0.39 is 5.82 Å². The molecule has 0 radical (unpaired) electrons. The van der Waals surface area contributed by atoms with Crippen molar-refractivity contribution in [2.24, 2.45) is 5.92 Å². The lowest BCUT2D eigenvalue weighted by Gasteiger charge is -2.38. The van der Waals surface area contributed by atoms with Gasteiger partial charge in [0.05, 0.1) is 18.8 Å². The molecule has 134 valence electrons. The van der Waals surface area contributed by atoms with Gasteiger partial charge in [-0.25, -0.2) is 4.39 Å². The van der Waals surface area contributed by atoms with Gasteiger partial charge in [-0.3, -0.25) is 9.69 Å². The van der Waals surface area contributed by atoms with Crippen LogP contribution in [-0.2, 0) is 4.74 Å². The molecule has 0 aliphatic carbocycles. The minimum atomic E-state index is -0.507. The fraction of sp³-hybridized carbons (Fsp3) is 0.611. The van der Waals surface area contributed by atoms with Crippen LogP contribution in [0.25, 0.3) is 0 Å². The van der Waals surface area contributed by atoms with Gasteiger partial charge < -0.3 is 10.1 Å². The van der Waals surface area contributed by atoms with Crippen molar-refractivity contribution in [3.63, 3.8) is 0 Å². The maximum absolute atomic E-state index is 14.0. The van der Waals surface area contributed by atoms with Gasteiger partial charge in [0.1, 0.15) is 5.82 Å². The van der Waals surface area contributed by atoms with Gasteiger partial charge in [-0.2, -0.15) is 0 Å². The topological polar surface area (TPSA) is 41.6 Å². The average molecular weight is 401 g/mol. The number of rotatable bonds is 7. The molecule has 1 aliphatic heterocycles. The van der Waals surface area contributed by atoms with E-state index in [9.17, 15) is 9.18 Å². The number of benzene rings is 1. The van der Waals surface area contributed by atoms with E-state index in [-0.39, 0.29) is 17.5 Å². The van der Waals surface area contributed by atoms with Gasteiger partial charge in [-0.1, -0.05) is 42.6 Å². The number of morpholine rings is 1. The molecule has 4 nitrogen and oxygen atoms in total. The van der Waals surface area contributed by atoms with Gasteiger partial charge in [0.2, 0.25) is 0 Å². The molecule has 1 atom stereocenters. The van der Waals surface area contributed by atoms with Crippen LogP contribution in [-0.4, -0.2) is 49.7 Å². The summed E-state index contributed by atoms with van der Waals surface area (Å²) in [5, 5.41) is 2.93. The molecule has 1 saturated heterocycles. The molecule has 24 heavy (non-hydrogen) atoms. The van der Waals surface area contributed by atoms with Crippen LogP contribution in [0, 0.1) is 11.7 Å². The predicted octanol–water partition coefficient (Wildman–Crippen LogP) is 3.46. The Hall–Kier alpha value is -0.980. The highest BCUT2D eigenvalue weighted by molar-refractivity contribution is 9.10. The van der Waals surface area contributed by atoms with E-state index in [1.54, 1.807) is 6.07 Å². The Morgan fingerprint density at radius 1 is 1.33 bits per heavy atom. The molecule has 1 N–H and O–H groups in total. The Morgan fingerprint density at radius 2 is 2.00 bits per heavy atom. The third-order valence-corrected chi connectivity index (χ3v) is 5.25. The molecule has 1 aromatic carbocycles. The van der Waals surface area contributed by atoms with Crippen molar-refractivity contribution in [1.29, 1.82) is 0 Å². The molecule has 1 amide bonds. The van der Waals surface area contributed by atoms with Gasteiger partial charge in [-0.05, 0) is 24.1 Å². The van der Waals surface area contributed by atoms with Crippen molar-refractivity contribution in [2.45, 2.75) is 32.7 Å². The van der Waals surface area contributed by atoms with Gasteiger partial charge in [0.15, 0.2) is 0 Å². The van der Waals surface area contributed by atoms with E-state index in [2.05, 4.69) is 40.0 Å². The number of amides is 1. The highest BCUT2D eigenvalue weighted by Crippen LogP contribution is 2.20. The molecule has 0 bridgehead atoms. The van der Waals surface area contributed by atoms with E-state index in [0.29, 0.717) is 16.9 Å². The minimum absolute atomic E-state index is 0.0866. The van der Waals surface area contributed by atoms with Gasteiger partial charge in [0, 0.05) is 30.1 Å². The number of nitrogens with one attached hydrogen (secondary N) is 1. The summed E-state index contributed by atoms with van der Waals surface area (Å²) >= 11 is 3.21. The number of halogens is 2. The van der Waals surface area contributed by atoms with Crippen molar-refractivity contribution in [2.75, 3.05) is 32.8 Å². The molecular formula is C18H26BrFN2O2. The first kappa shape index (κ1) is 19.3. The Labute approximate surface area is 151 Å². The first-order valence-corrected chi connectivity index (χ1v) is 9.41. The molecule has 2 rings (SSSR count). The number of ether oxygens (including phenoxy) is 1. The minimum Gasteiger partial charge on any atom is -0.379 e. The van der Waals surface area contributed by atoms with E-state index in [1.165, 1.54) is 12.1 Å². The average Bonchev–Trinajstić information content (AvgIpc) is 2.59. The fourth-order valence-corrected chi connectivity index (χ4v) is 3.64. The normalized spacial score (nSPS) is 17.0. The molecule has 0 spiro atoms. The third-order valence-electron chi connectivity index (χ3n) is 4.76. The lowest BCUT2D eigenvalue weighted by Crippen LogP contribution is -2.52. The smallest absolute Gasteiger partial charge is 0.254 e. The van der Waals surface area contributed by atoms with Crippen LogP contribution in [0.1, 0.15) is 37.0 Å². The third kappa shape index (κ3) is 5.01. The van der Waals surface area contributed by atoms with Crippen molar-refractivity contribution in [3.8, 4) is 0 Å². The summed E-state index contributed by atoms with van der Waals surface area (Å²) in [5.41, 5.74) is 0.0866. The SMILES string of the molecule is CCC(CC)C(CNC(=O)c1ccc(Br)cc1F)N1CCOCC1. The molecule has 1 fully saturated rings. The summed E-state index contributed by atoms with van der Waals surface area (Å²) in [7, 11) is 0. The van der Waals surface area contributed by atoms with Gasteiger partial charge in [-0.15, -0.1) is 0 Å². The first-order valence-electron chi connectivity index (χ1n) is 8.61. The summed E-state index contributed by atoms with van der Waals surface area (Å²) in [6, 6.07) is 4.76. The van der Waals surface area contributed by atoms with Gasteiger partial charge >= 0.3 is 0 Å². The summed E-state index contributed by atoms with van der Waals surface area (Å²) in [4.78, 5) is 14.7. The molecule has 6 heteroatoms. The van der Waals surface area contributed by atoms with Gasteiger partial charge in [0.25, 0.3) is 5.91 Å². The lowest BCUT2D eigenvalue weighted by atomic mass is 9.92. The molecule has 1 heterocycles. The van der Waals surface area contributed by atoms with Crippen molar-refractivity contribution < 1.29 is 13.9 Å². The second kappa shape index (κ2) is 9.49. The zero-order valence-corrected chi connectivity index (χ0v) is 15.9. The number of hydrogen-bond donors (Lipinski definition) is 1. The molecule has 0 aromatic heterocycles. The summed E-state index contributed by atoms with van der Waals surface area (Å²) in [6.07, 6.45) is 2.11. The van der Waals surface area contributed by atoms with E-state index in [4.69, 9.17) is 4.74 Å². The number of nitrogens with zero attached hydrogens (tertiary/aromatic N) is 1. The van der Waals surface area contributed by atoms with Crippen LogP contribution < -0.4 is 5.32 Å². The number of hydrogen-bond acceptors (Lipinski definition) is 3. The lowest BCUT2D eigenvalue weighted by molar-refractivity contribution is 0.00190. The Balaban J connectivity index is 2.04. The zero-order chi connectivity index (χ0) is 17.5. The highest BCUT2D eigenvalue weighted by atomic mass is 79.9. The summed E-state index contributed by atoms with van der Waals surface area (Å²) < 4.78 is 20.0. The quantitative estimate of drug-likeness (QED) is 0.761. The Kier molecular flexibility index (Phi) is 7.65. The molecule has 0 saturated carbocycles. The van der Waals surface area contributed by atoms with Crippen molar-refractivity contribution in [1.82, 2.24) is 10.2 Å². The van der Waals surface area contributed by atoms with E-state index in [0.717, 1.165) is 39.1 Å². The summed E-state index contributed by atoms with van der Waals surface area (Å²) in [5.74, 6) is -0.366. The maximum Gasteiger partial charge on any atom is 0.254 e. The highest BCUT2D eigenvalue weighted by Gasteiger charge is 2.27. The summed E-state index contributed by atoms with van der Waals surface area (Å²) in [6.45, 7) is 8.10. The molecular weight excluding hydrogens is 375 g/mol. The van der Waals surface area contributed by atoms with E-state index >= 15 is 0 Å². The van der Waals surface area contributed by atoms with E-state index in [1.807, 2.05) is 0 Å². The largest absolute Gasteiger partial charge is 0.379 e. The molecule has 1 aliphatic rings. The second-order valence-corrected chi connectivity index (χ2v) is 7.04. The Bertz CT molecular complexity index is 546. The predicted molar refractivity (Wildman–Crippen MR) is 96.7 cm³/mol. The van der Waals surface area contributed by atoms with Crippen LogP contribution in [0.2, 0.25) is 0 Å². The van der Waals surface area contributed by atoms with Crippen LogP contribution in [0.3, 0.4) is 0 Å². The maximum atomic E-state index is 14.0. The standard InChI is InChI=1S/C18H26BrFN2O2/c1-3-13(4-2)17(22-7-9-24-10-8-22)12-21-18(23)15-6-5-14(19)11-16(15)20/h5-6,11,13,17H,3-4,7-10,12H2,1-2H3,(H,21,23). The van der Waals surface area contributed by atoms with Crippen LogP contribution >= 0.6 is 15.9 Å². The second-order valence-electron chi connectivity index (χ2n) is 6.13. The molecule has 1 unspecified atom stereocenters.